The summed E-state index contributed by atoms with van der Waals surface area (Å²) in [4.78, 5) is 10.5. The van der Waals surface area contributed by atoms with E-state index in [2.05, 4.69) is 5.32 Å². The quantitative estimate of drug-likeness (QED) is 0.493. The fourth-order valence-electron chi connectivity index (χ4n) is 2.32. The number of hydrogen-bond acceptors (Lipinski definition) is 4. The second-order valence-corrected chi connectivity index (χ2v) is 4.96. The highest BCUT2D eigenvalue weighted by Gasteiger charge is 2.12. The highest BCUT2D eigenvalue weighted by atomic mass is 16.6. The molecule has 0 radical (unpaired) electrons. The van der Waals surface area contributed by atoms with E-state index in [1.54, 1.807) is 24.3 Å². The van der Waals surface area contributed by atoms with Gasteiger partial charge in [0.2, 0.25) is 0 Å². The van der Waals surface area contributed by atoms with Crippen LogP contribution in [0.15, 0.2) is 30.3 Å². The second-order valence-electron chi connectivity index (χ2n) is 4.96. The minimum absolute atomic E-state index is 0.143. The summed E-state index contributed by atoms with van der Waals surface area (Å²) in [6.07, 6.45) is 6.06. The fourth-order valence-corrected chi connectivity index (χ4v) is 2.32. The van der Waals surface area contributed by atoms with Gasteiger partial charge in [-0.25, -0.2) is 0 Å². The maximum absolute atomic E-state index is 10.9. The van der Waals surface area contributed by atoms with E-state index in [0.717, 1.165) is 26.2 Å². The molecule has 0 bridgehead atoms. The van der Waals surface area contributed by atoms with Crippen LogP contribution in [0.3, 0.4) is 0 Å². The Morgan fingerprint density at radius 1 is 1.45 bits per heavy atom. The standard InChI is InChI=1S/C15H20N2O3/c18-17(19)15-8-2-1-6-14(15)7-3-9-16-11-13-5-4-10-20-12-13/h1-3,6-8,13,16H,4-5,9-12H2/b7-3+. The van der Waals surface area contributed by atoms with Crippen LogP contribution in [0.25, 0.3) is 6.08 Å². The normalized spacial score (nSPS) is 19.3. The molecule has 0 spiro atoms. The molecule has 1 unspecified atom stereocenters. The van der Waals surface area contributed by atoms with Crippen molar-refractivity contribution in [1.82, 2.24) is 5.32 Å². The zero-order valence-electron chi connectivity index (χ0n) is 11.5. The molecule has 0 aliphatic carbocycles. The van der Waals surface area contributed by atoms with Gasteiger partial charge in [0.1, 0.15) is 0 Å². The molecule has 1 aliphatic rings. The number of ether oxygens (including phenoxy) is 1. The highest BCUT2D eigenvalue weighted by molar-refractivity contribution is 5.60. The largest absolute Gasteiger partial charge is 0.381 e. The number of nitrogens with one attached hydrogen (secondary N) is 1. The third-order valence-corrected chi connectivity index (χ3v) is 3.38. The Hall–Kier alpha value is -1.72. The van der Waals surface area contributed by atoms with Gasteiger partial charge in [-0.05, 0) is 24.8 Å². The Labute approximate surface area is 118 Å². The predicted octanol–water partition coefficient (Wildman–Crippen LogP) is 2.62. The molecule has 2 rings (SSSR count). The monoisotopic (exact) mass is 276 g/mol. The van der Waals surface area contributed by atoms with Crippen LogP contribution >= 0.6 is 0 Å². The van der Waals surface area contributed by atoms with Crippen molar-refractivity contribution in [3.05, 3.63) is 46.0 Å². The van der Waals surface area contributed by atoms with Gasteiger partial charge in [-0.1, -0.05) is 24.3 Å². The summed E-state index contributed by atoms with van der Waals surface area (Å²) in [5.41, 5.74) is 0.782. The van der Waals surface area contributed by atoms with E-state index in [4.69, 9.17) is 4.74 Å². The number of hydrogen-bond donors (Lipinski definition) is 1. The van der Waals surface area contributed by atoms with E-state index in [-0.39, 0.29) is 10.6 Å². The number of nitro benzene ring substituents is 1. The van der Waals surface area contributed by atoms with Gasteiger partial charge in [0.25, 0.3) is 5.69 Å². The molecular formula is C15H20N2O3. The summed E-state index contributed by atoms with van der Waals surface area (Å²) < 4.78 is 5.42. The molecule has 5 heteroatoms. The van der Waals surface area contributed by atoms with Gasteiger partial charge >= 0.3 is 0 Å². The van der Waals surface area contributed by atoms with Crippen LogP contribution in [0.5, 0.6) is 0 Å². The van der Waals surface area contributed by atoms with Crippen LogP contribution < -0.4 is 5.32 Å². The van der Waals surface area contributed by atoms with Crippen LogP contribution in [0.1, 0.15) is 18.4 Å². The molecular weight excluding hydrogens is 256 g/mol. The molecule has 1 N–H and O–H groups in total. The minimum atomic E-state index is -0.355. The van der Waals surface area contributed by atoms with Gasteiger partial charge in [0.05, 0.1) is 17.1 Å². The maximum atomic E-state index is 10.9. The summed E-state index contributed by atoms with van der Waals surface area (Å²) in [6, 6.07) is 6.76. The molecule has 1 atom stereocenters. The number of nitro groups is 1. The van der Waals surface area contributed by atoms with Crippen molar-refractivity contribution < 1.29 is 9.66 Å². The Morgan fingerprint density at radius 3 is 3.05 bits per heavy atom. The lowest BCUT2D eigenvalue weighted by Crippen LogP contribution is -2.29. The molecule has 1 fully saturated rings. The van der Waals surface area contributed by atoms with E-state index >= 15 is 0 Å². The molecule has 0 amide bonds. The summed E-state index contributed by atoms with van der Waals surface area (Å²) in [5, 5.41) is 14.2. The van der Waals surface area contributed by atoms with Gasteiger partial charge < -0.3 is 10.1 Å². The van der Waals surface area contributed by atoms with Crippen molar-refractivity contribution in [2.45, 2.75) is 12.8 Å². The molecule has 1 saturated heterocycles. The highest BCUT2D eigenvalue weighted by Crippen LogP contribution is 2.18. The van der Waals surface area contributed by atoms with E-state index in [1.807, 2.05) is 6.08 Å². The van der Waals surface area contributed by atoms with Crippen LogP contribution in [-0.4, -0.2) is 31.2 Å². The van der Waals surface area contributed by atoms with Crippen molar-refractivity contribution in [3.8, 4) is 0 Å². The molecule has 1 aromatic rings. The molecule has 1 aromatic carbocycles. The van der Waals surface area contributed by atoms with E-state index in [1.165, 1.54) is 12.5 Å². The number of para-hydroxylation sites is 1. The molecule has 5 nitrogen and oxygen atoms in total. The lowest BCUT2D eigenvalue weighted by atomic mass is 10.0. The Kier molecular flexibility index (Phi) is 5.70. The topological polar surface area (TPSA) is 64.4 Å². The zero-order chi connectivity index (χ0) is 14.2. The summed E-state index contributed by atoms with van der Waals surface area (Å²) in [7, 11) is 0. The average molecular weight is 276 g/mol. The Morgan fingerprint density at radius 2 is 2.30 bits per heavy atom. The van der Waals surface area contributed by atoms with Gasteiger partial charge in [-0.2, -0.15) is 0 Å². The number of benzene rings is 1. The minimum Gasteiger partial charge on any atom is -0.381 e. The van der Waals surface area contributed by atoms with E-state index < -0.39 is 0 Å². The first-order chi connectivity index (χ1) is 9.77. The van der Waals surface area contributed by atoms with Crippen molar-refractivity contribution in [3.63, 3.8) is 0 Å². The van der Waals surface area contributed by atoms with E-state index in [0.29, 0.717) is 18.0 Å². The summed E-state index contributed by atoms with van der Waals surface area (Å²) >= 11 is 0. The third-order valence-electron chi connectivity index (χ3n) is 3.38. The summed E-state index contributed by atoms with van der Waals surface area (Å²) in [6.45, 7) is 3.36. The molecule has 0 aromatic heterocycles. The molecule has 0 saturated carbocycles. The Balaban J connectivity index is 1.77. The molecule has 20 heavy (non-hydrogen) atoms. The summed E-state index contributed by atoms with van der Waals surface area (Å²) in [5.74, 6) is 0.586. The number of rotatable bonds is 6. The van der Waals surface area contributed by atoms with Crippen molar-refractivity contribution in [2.24, 2.45) is 5.92 Å². The lowest BCUT2D eigenvalue weighted by Gasteiger charge is -2.21. The second kappa shape index (κ2) is 7.77. The lowest BCUT2D eigenvalue weighted by molar-refractivity contribution is -0.385. The molecule has 1 heterocycles. The third kappa shape index (κ3) is 4.43. The Bertz CT molecular complexity index is 468. The van der Waals surface area contributed by atoms with Crippen molar-refractivity contribution in [2.75, 3.05) is 26.3 Å². The van der Waals surface area contributed by atoms with Gasteiger partial charge in [0.15, 0.2) is 0 Å². The SMILES string of the molecule is O=[N+]([O-])c1ccccc1/C=C/CNCC1CCCOC1. The molecule has 108 valence electrons. The first kappa shape index (κ1) is 14.7. The average Bonchev–Trinajstić information content (AvgIpc) is 2.48. The fraction of sp³-hybridized carbons (Fsp3) is 0.467. The van der Waals surface area contributed by atoms with Crippen LogP contribution in [0.4, 0.5) is 5.69 Å². The molecule has 1 aliphatic heterocycles. The van der Waals surface area contributed by atoms with Crippen LogP contribution in [0, 0.1) is 16.0 Å². The first-order valence-electron chi connectivity index (χ1n) is 6.96. The van der Waals surface area contributed by atoms with Gasteiger partial charge in [-0.3, -0.25) is 10.1 Å². The van der Waals surface area contributed by atoms with E-state index in [9.17, 15) is 10.1 Å². The smallest absolute Gasteiger partial charge is 0.276 e. The van der Waals surface area contributed by atoms with Gasteiger partial charge in [0, 0.05) is 25.8 Å². The predicted molar refractivity (Wildman–Crippen MR) is 78.5 cm³/mol. The maximum Gasteiger partial charge on any atom is 0.276 e. The zero-order valence-corrected chi connectivity index (χ0v) is 11.5. The van der Waals surface area contributed by atoms with Gasteiger partial charge in [-0.15, -0.1) is 0 Å². The van der Waals surface area contributed by atoms with Crippen LogP contribution in [0.2, 0.25) is 0 Å². The van der Waals surface area contributed by atoms with Crippen molar-refractivity contribution >= 4 is 11.8 Å². The van der Waals surface area contributed by atoms with Crippen molar-refractivity contribution in [1.29, 1.82) is 0 Å². The van der Waals surface area contributed by atoms with Crippen LogP contribution in [-0.2, 0) is 4.74 Å². The number of nitrogens with zero attached hydrogens (tertiary/aromatic N) is 1. The first-order valence-corrected chi connectivity index (χ1v) is 6.96.